The SMILES string of the molecule is N.NCC(=O)O.[Cl][Pt]. The number of aliphatic carboxylic acids is 1. The molecule has 8 heavy (non-hydrogen) atoms. The number of halogens is 1. The summed E-state index contributed by atoms with van der Waals surface area (Å²) >= 11 is 1.61. The van der Waals surface area contributed by atoms with Crippen LogP contribution in [0, 0.1) is 0 Å². The van der Waals surface area contributed by atoms with Crippen LogP contribution in [-0.4, -0.2) is 17.6 Å². The van der Waals surface area contributed by atoms with Crippen molar-refractivity contribution in [3.05, 3.63) is 0 Å². The molecular weight excluding hydrogens is 315 g/mol. The van der Waals surface area contributed by atoms with E-state index in [9.17, 15) is 4.79 Å². The van der Waals surface area contributed by atoms with E-state index in [1.165, 1.54) is 0 Å². The van der Waals surface area contributed by atoms with Crippen LogP contribution in [0.2, 0.25) is 0 Å². The van der Waals surface area contributed by atoms with Crippen molar-refractivity contribution in [2.24, 2.45) is 5.73 Å². The Morgan fingerprint density at radius 2 is 1.88 bits per heavy atom. The van der Waals surface area contributed by atoms with Crippen molar-refractivity contribution >= 4 is 15.4 Å². The molecule has 0 saturated carbocycles. The summed E-state index contributed by atoms with van der Waals surface area (Å²) < 4.78 is 0. The van der Waals surface area contributed by atoms with Crippen LogP contribution >= 0.6 is 9.42 Å². The zero-order valence-corrected chi connectivity index (χ0v) is 7.07. The first-order valence-corrected chi connectivity index (χ1v) is 4.12. The summed E-state index contributed by atoms with van der Waals surface area (Å²) in [6, 6.07) is 0. The van der Waals surface area contributed by atoms with Gasteiger partial charge in [0.25, 0.3) is 0 Å². The molecule has 0 aliphatic heterocycles. The van der Waals surface area contributed by atoms with Crippen LogP contribution in [-0.2, 0) is 23.6 Å². The molecule has 6 heteroatoms. The second-order valence-electron chi connectivity index (χ2n) is 0.598. The van der Waals surface area contributed by atoms with Crippen molar-refractivity contribution in [3.8, 4) is 0 Å². The van der Waals surface area contributed by atoms with Crippen LogP contribution in [0.1, 0.15) is 0 Å². The maximum atomic E-state index is 9.24. The van der Waals surface area contributed by atoms with E-state index in [-0.39, 0.29) is 12.7 Å². The number of hydrogen-bond acceptors (Lipinski definition) is 3. The van der Waals surface area contributed by atoms with Gasteiger partial charge in [0.2, 0.25) is 0 Å². The first-order chi connectivity index (χ1) is 3.27. The number of carboxylic acid groups (broad SMARTS) is 1. The zero-order chi connectivity index (χ0) is 6.28. The topological polar surface area (TPSA) is 98.3 Å². The van der Waals surface area contributed by atoms with Gasteiger partial charge in [0, 0.05) is 0 Å². The number of carbonyl (C=O) groups is 1. The van der Waals surface area contributed by atoms with Gasteiger partial charge in [-0.2, -0.15) is 0 Å². The van der Waals surface area contributed by atoms with Gasteiger partial charge in [-0.1, -0.05) is 0 Å². The summed E-state index contributed by atoms with van der Waals surface area (Å²) in [4.78, 5) is 9.24. The molecule has 0 radical (unpaired) electrons. The van der Waals surface area contributed by atoms with E-state index in [0.717, 1.165) is 0 Å². The molecule has 0 aromatic rings. The van der Waals surface area contributed by atoms with E-state index in [1.54, 1.807) is 18.8 Å². The molecule has 4 nitrogen and oxygen atoms in total. The van der Waals surface area contributed by atoms with Crippen molar-refractivity contribution in [3.63, 3.8) is 0 Å². The normalized spacial score (nSPS) is 5.50. The number of nitrogens with two attached hydrogens (primary N) is 1. The summed E-state index contributed by atoms with van der Waals surface area (Å²) in [5.41, 5.74) is 4.57. The van der Waals surface area contributed by atoms with E-state index >= 15 is 0 Å². The molecule has 0 saturated heterocycles. The van der Waals surface area contributed by atoms with E-state index in [2.05, 4.69) is 15.2 Å². The van der Waals surface area contributed by atoms with Gasteiger partial charge in [0.15, 0.2) is 0 Å². The summed E-state index contributed by atoms with van der Waals surface area (Å²) in [6.07, 6.45) is 0. The Morgan fingerprint density at radius 1 is 1.75 bits per heavy atom. The number of rotatable bonds is 1. The molecule has 0 amide bonds. The molecule has 0 aliphatic carbocycles. The minimum atomic E-state index is -0.968. The molecule has 0 aromatic heterocycles. The predicted octanol–water partition coefficient (Wildman–Crippen LogP) is -0.121. The molecule has 0 fully saturated rings. The summed E-state index contributed by atoms with van der Waals surface area (Å²) in [5, 5.41) is 7.60. The zero-order valence-electron chi connectivity index (χ0n) is 4.04. The van der Waals surface area contributed by atoms with Gasteiger partial charge in [-0.3, -0.25) is 4.79 Å². The Bertz CT molecular complexity index is 53.3. The van der Waals surface area contributed by atoms with Gasteiger partial charge in [-0.05, 0) is 0 Å². The fourth-order valence-corrected chi connectivity index (χ4v) is 0. The number of hydrogen-bond donors (Lipinski definition) is 3. The van der Waals surface area contributed by atoms with Gasteiger partial charge >= 0.3 is 34.2 Å². The summed E-state index contributed by atoms with van der Waals surface area (Å²) in [5.74, 6) is -0.968. The molecule has 0 spiro atoms. The quantitative estimate of drug-likeness (QED) is 0.627. The Labute approximate surface area is 62.8 Å². The third-order valence-corrected chi connectivity index (χ3v) is 0.175. The van der Waals surface area contributed by atoms with Crippen molar-refractivity contribution in [1.29, 1.82) is 0 Å². The Hall–Kier alpha value is 0.368. The molecule has 0 unspecified atom stereocenters. The molecule has 0 aromatic carbocycles. The third-order valence-electron chi connectivity index (χ3n) is 0.175. The van der Waals surface area contributed by atoms with Gasteiger partial charge in [0.1, 0.15) is 0 Å². The van der Waals surface area contributed by atoms with Crippen molar-refractivity contribution in [2.45, 2.75) is 0 Å². The van der Waals surface area contributed by atoms with E-state index in [0.29, 0.717) is 0 Å². The van der Waals surface area contributed by atoms with E-state index in [1.807, 2.05) is 0 Å². The van der Waals surface area contributed by atoms with Crippen LogP contribution < -0.4 is 11.9 Å². The minimum absolute atomic E-state index is 0. The molecule has 55 valence electrons. The Morgan fingerprint density at radius 3 is 1.88 bits per heavy atom. The average molecular weight is 323 g/mol. The summed E-state index contributed by atoms with van der Waals surface area (Å²) in [6.45, 7) is -0.278. The Kier molecular flexibility index (Phi) is 30.9. The van der Waals surface area contributed by atoms with Crippen molar-refractivity contribution in [2.75, 3.05) is 6.54 Å². The third kappa shape index (κ3) is 32.7. The monoisotopic (exact) mass is 322 g/mol. The first-order valence-electron chi connectivity index (χ1n) is 1.31. The second-order valence-corrected chi connectivity index (χ2v) is 0.598. The molecule has 6 N–H and O–H groups in total. The van der Waals surface area contributed by atoms with Gasteiger partial charge in [-0.15, -0.1) is 0 Å². The summed E-state index contributed by atoms with van der Waals surface area (Å²) in [7, 11) is 4.61. The molecule has 0 heterocycles. The molecule has 0 rings (SSSR count). The van der Waals surface area contributed by atoms with Crippen LogP contribution in [0.15, 0.2) is 0 Å². The first kappa shape index (κ1) is 15.8. The van der Waals surface area contributed by atoms with Crippen molar-refractivity contribution < 1.29 is 28.7 Å². The number of carboxylic acids is 1. The van der Waals surface area contributed by atoms with Crippen LogP contribution in [0.25, 0.3) is 0 Å². The standard InChI is InChI=1S/C2H5NO2.ClH.H3N.Pt/c3-1-2(4)5;;;/h1,3H2,(H,4,5);1H;1H3;/q;;;+1/p-1. The molecular formula is C2H8ClN2O2Pt. The van der Waals surface area contributed by atoms with Crippen LogP contribution in [0.3, 0.4) is 0 Å². The predicted molar refractivity (Wildman–Crippen MR) is 27.6 cm³/mol. The van der Waals surface area contributed by atoms with Crippen LogP contribution in [0.4, 0.5) is 0 Å². The second kappa shape index (κ2) is 15.7. The van der Waals surface area contributed by atoms with Gasteiger partial charge in [0.05, 0.1) is 6.54 Å². The fraction of sp³-hybridized carbons (Fsp3) is 0.500. The van der Waals surface area contributed by atoms with Crippen molar-refractivity contribution in [1.82, 2.24) is 6.15 Å². The van der Waals surface area contributed by atoms with Gasteiger partial charge < -0.3 is 17.0 Å². The molecule has 0 atom stereocenters. The average Bonchev–Trinajstić information content (AvgIpc) is 1.73. The Balaban J connectivity index is -0.0000000750. The van der Waals surface area contributed by atoms with Crippen LogP contribution in [0.5, 0.6) is 0 Å². The maximum absolute atomic E-state index is 9.24. The van der Waals surface area contributed by atoms with E-state index in [4.69, 9.17) is 5.11 Å². The van der Waals surface area contributed by atoms with E-state index < -0.39 is 5.97 Å². The van der Waals surface area contributed by atoms with Gasteiger partial charge in [-0.25, -0.2) is 0 Å². The molecule has 0 bridgehead atoms. The fourth-order valence-electron chi connectivity index (χ4n) is 0. The molecule has 0 aliphatic rings.